The molecule has 1 atom stereocenters. The highest BCUT2D eigenvalue weighted by molar-refractivity contribution is 5.78. The molecule has 0 aliphatic carbocycles. The van der Waals surface area contributed by atoms with Gasteiger partial charge in [0.1, 0.15) is 0 Å². The molecule has 0 aromatic heterocycles. The Morgan fingerprint density at radius 1 is 1.33 bits per heavy atom. The van der Waals surface area contributed by atoms with E-state index in [1.807, 2.05) is 6.92 Å². The van der Waals surface area contributed by atoms with E-state index in [0.29, 0.717) is 12.6 Å². The molecule has 1 aliphatic heterocycles. The van der Waals surface area contributed by atoms with E-state index in [9.17, 15) is 0 Å². The van der Waals surface area contributed by atoms with Crippen LogP contribution in [0.25, 0.3) is 0 Å². The smallest absolute Gasteiger partial charge is 0.188 e. The second kappa shape index (κ2) is 9.16. The number of nitrogens with two attached hydrogens (primary N) is 1. The van der Waals surface area contributed by atoms with Crippen molar-refractivity contribution >= 4 is 5.96 Å². The highest BCUT2D eigenvalue weighted by Crippen LogP contribution is 2.08. The van der Waals surface area contributed by atoms with E-state index < -0.39 is 0 Å². The number of nitrogens with one attached hydrogen (secondary N) is 1. The Hall–Kier alpha value is -0.810. The van der Waals surface area contributed by atoms with Crippen LogP contribution < -0.4 is 11.1 Å². The van der Waals surface area contributed by atoms with Gasteiger partial charge in [-0.3, -0.25) is 4.99 Å². The number of aliphatic imine (C=N–C) groups is 1. The summed E-state index contributed by atoms with van der Waals surface area (Å²) < 4.78 is 5.04. The number of nitrogens with zero attached hydrogens (tertiary/aromatic N) is 2. The summed E-state index contributed by atoms with van der Waals surface area (Å²) in [6.45, 7) is 6.88. The summed E-state index contributed by atoms with van der Waals surface area (Å²) in [5, 5.41) is 3.12. The van der Waals surface area contributed by atoms with Crippen LogP contribution in [0.5, 0.6) is 0 Å². The number of hydrogen-bond acceptors (Lipinski definition) is 3. The van der Waals surface area contributed by atoms with E-state index in [1.165, 1.54) is 38.8 Å². The molecule has 1 fully saturated rings. The van der Waals surface area contributed by atoms with Gasteiger partial charge in [-0.1, -0.05) is 12.8 Å². The van der Waals surface area contributed by atoms with E-state index >= 15 is 0 Å². The Balaban J connectivity index is 2.17. The van der Waals surface area contributed by atoms with Gasteiger partial charge in [0, 0.05) is 19.7 Å². The third kappa shape index (κ3) is 6.81. The van der Waals surface area contributed by atoms with Gasteiger partial charge in [0.25, 0.3) is 0 Å². The highest BCUT2D eigenvalue weighted by atomic mass is 16.5. The molecular formula is C13H28N4O. The van der Waals surface area contributed by atoms with E-state index in [1.54, 1.807) is 7.11 Å². The van der Waals surface area contributed by atoms with Gasteiger partial charge >= 0.3 is 0 Å². The van der Waals surface area contributed by atoms with Crippen molar-refractivity contribution in [3.05, 3.63) is 0 Å². The Labute approximate surface area is 111 Å². The van der Waals surface area contributed by atoms with Crippen molar-refractivity contribution in [2.45, 2.75) is 38.6 Å². The lowest BCUT2D eigenvalue weighted by atomic mass is 10.2. The van der Waals surface area contributed by atoms with Crippen molar-refractivity contribution in [3.8, 4) is 0 Å². The van der Waals surface area contributed by atoms with Gasteiger partial charge in [0.05, 0.1) is 13.2 Å². The quantitative estimate of drug-likeness (QED) is 0.545. The fourth-order valence-corrected chi connectivity index (χ4v) is 2.26. The van der Waals surface area contributed by atoms with Crippen molar-refractivity contribution in [2.75, 3.05) is 39.9 Å². The molecule has 0 aromatic rings. The lowest BCUT2D eigenvalue weighted by molar-refractivity contribution is 0.179. The summed E-state index contributed by atoms with van der Waals surface area (Å²) in [5.74, 6) is 0.523. The molecular weight excluding hydrogens is 228 g/mol. The molecule has 5 nitrogen and oxygen atoms in total. The zero-order valence-electron chi connectivity index (χ0n) is 11.8. The lowest BCUT2D eigenvalue weighted by Gasteiger charge is -2.18. The predicted molar refractivity (Wildman–Crippen MR) is 75.9 cm³/mol. The maximum Gasteiger partial charge on any atom is 0.188 e. The van der Waals surface area contributed by atoms with Crippen molar-refractivity contribution in [3.63, 3.8) is 0 Å². The molecule has 18 heavy (non-hydrogen) atoms. The summed E-state index contributed by atoms with van der Waals surface area (Å²) in [7, 11) is 1.69. The van der Waals surface area contributed by atoms with Crippen molar-refractivity contribution in [1.29, 1.82) is 0 Å². The van der Waals surface area contributed by atoms with Gasteiger partial charge in [-0.05, 0) is 32.9 Å². The van der Waals surface area contributed by atoms with Crippen molar-refractivity contribution in [2.24, 2.45) is 10.7 Å². The van der Waals surface area contributed by atoms with E-state index in [4.69, 9.17) is 10.5 Å². The highest BCUT2D eigenvalue weighted by Gasteiger charge is 2.08. The van der Waals surface area contributed by atoms with Crippen LogP contribution in [-0.4, -0.2) is 56.8 Å². The predicted octanol–water partition coefficient (Wildman–Crippen LogP) is 0.802. The first-order valence-corrected chi connectivity index (χ1v) is 7.00. The van der Waals surface area contributed by atoms with Crippen molar-refractivity contribution < 1.29 is 4.74 Å². The molecule has 3 N–H and O–H groups in total. The molecule has 0 amide bonds. The van der Waals surface area contributed by atoms with E-state index in [0.717, 1.165) is 13.1 Å². The number of likely N-dealkylation sites (tertiary alicyclic amines) is 1. The minimum Gasteiger partial charge on any atom is -0.383 e. The third-order valence-electron chi connectivity index (χ3n) is 3.21. The summed E-state index contributed by atoms with van der Waals surface area (Å²) in [5.41, 5.74) is 5.82. The summed E-state index contributed by atoms with van der Waals surface area (Å²) in [6.07, 6.45) is 5.39. The summed E-state index contributed by atoms with van der Waals surface area (Å²) in [4.78, 5) is 6.85. The maximum absolute atomic E-state index is 5.82. The number of guanidine groups is 1. The largest absolute Gasteiger partial charge is 0.383 e. The molecule has 0 aromatic carbocycles. The fourth-order valence-electron chi connectivity index (χ4n) is 2.26. The molecule has 0 spiro atoms. The zero-order valence-corrected chi connectivity index (χ0v) is 11.8. The molecule has 1 saturated heterocycles. The van der Waals surface area contributed by atoms with Crippen molar-refractivity contribution in [1.82, 2.24) is 10.2 Å². The normalized spacial score (nSPS) is 20.4. The Morgan fingerprint density at radius 2 is 2.00 bits per heavy atom. The second-order valence-electron chi connectivity index (χ2n) is 5.02. The minimum absolute atomic E-state index is 0.205. The third-order valence-corrected chi connectivity index (χ3v) is 3.21. The first kappa shape index (κ1) is 15.2. The van der Waals surface area contributed by atoms with Crippen LogP contribution in [0.4, 0.5) is 0 Å². The van der Waals surface area contributed by atoms with E-state index in [-0.39, 0.29) is 6.04 Å². The molecule has 0 bridgehead atoms. The van der Waals surface area contributed by atoms with Crippen LogP contribution in [-0.2, 0) is 4.74 Å². The van der Waals surface area contributed by atoms with Gasteiger partial charge in [-0.25, -0.2) is 0 Å². The first-order chi connectivity index (χ1) is 8.72. The summed E-state index contributed by atoms with van der Waals surface area (Å²) >= 11 is 0. The zero-order chi connectivity index (χ0) is 13.2. The second-order valence-corrected chi connectivity index (χ2v) is 5.02. The fraction of sp³-hybridized carbons (Fsp3) is 0.923. The molecule has 1 rings (SSSR count). The number of methoxy groups -OCH3 is 1. The van der Waals surface area contributed by atoms with Crippen LogP contribution in [0.15, 0.2) is 4.99 Å². The van der Waals surface area contributed by atoms with Crippen LogP contribution >= 0.6 is 0 Å². The molecule has 1 unspecified atom stereocenters. The van der Waals surface area contributed by atoms with Gasteiger partial charge in [-0.2, -0.15) is 0 Å². The molecule has 0 radical (unpaired) electrons. The average molecular weight is 256 g/mol. The molecule has 1 heterocycles. The standard InChI is InChI=1S/C13H28N4O/c1-12(11-18-2)16-13(14)15-7-10-17-8-5-3-4-6-9-17/h12H,3-11H2,1-2H3,(H3,14,15,16). The SMILES string of the molecule is COCC(C)NC(N)=NCCN1CCCCCC1. The molecule has 5 heteroatoms. The maximum atomic E-state index is 5.82. The minimum atomic E-state index is 0.205. The number of ether oxygens (including phenoxy) is 1. The van der Waals surface area contributed by atoms with Gasteiger partial charge in [0.2, 0.25) is 0 Å². The lowest BCUT2D eigenvalue weighted by Crippen LogP contribution is -2.41. The average Bonchev–Trinajstić information content (AvgIpc) is 2.58. The van der Waals surface area contributed by atoms with Crippen LogP contribution in [0.2, 0.25) is 0 Å². The van der Waals surface area contributed by atoms with Gasteiger partial charge in [0.15, 0.2) is 5.96 Å². The molecule has 0 saturated carbocycles. The van der Waals surface area contributed by atoms with Gasteiger partial charge < -0.3 is 20.7 Å². The number of rotatable bonds is 6. The Kier molecular flexibility index (Phi) is 7.76. The van der Waals surface area contributed by atoms with Crippen LogP contribution in [0.1, 0.15) is 32.6 Å². The number of hydrogen-bond donors (Lipinski definition) is 2. The van der Waals surface area contributed by atoms with Gasteiger partial charge in [-0.15, -0.1) is 0 Å². The van der Waals surface area contributed by atoms with Crippen LogP contribution in [0.3, 0.4) is 0 Å². The molecule has 1 aliphatic rings. The Morgan fingerprint density at radius 3 is 2.61 bits per heavy atom. The van der Waals surface area contributed by atoms with E-state index in [2.05, 4.69) is 15.2 Å². The van der Waals surface area contributed by atoms with Crippen LogP contribution in [0, 0.1) is 0 Å². The molecule has 106 valence electrons. The summed E-state index contributed by atoms with van der Waals surface area (Å²) in [6, 6.07) is 0.205. The first-order valence-electron chi connectivity index (χ1n) is 7.00. The monoisotopic (exact) mass is 256 g/mol. The topological polar surface area (TPSA) is 62.9 Å². The Bertz CT molecular complexity index is 237.